The average molecular weight is 199 g/mol. The van der Waals surface area contributed by atoms with Crippen molar-refractivity contribution in [1.82, 2.24) is 0 Å². The minimum Gasteiger partial charge on any atom is -0.286 e. The molecular weight excluding hydrogens is 184 g/mol. The van der Waals surface area contributed by atoms with Crippen LogP contribution >= 0.6 is 0 Å². The van der Waals surface area contributed by atoms with Crippen molar-refractivity contribution in [1.29, 1.82) is 0 Å². The van der Waals surface area contributed by atoms with Gasteiger partial charge in [-0.2, -0.15) is 0 Å². The predicted molar refractivity (Wildman–Crippen MR) is 67.1 cm³/mol. The van der Waals surface area contributed by atoms with Crippen molar-refractivity contribution in [3.05, 3.63) is 60.7 Å². The molecule has 0 saturated heterocycles. The average Bonchev–Trinajstić information content (AvgIpc) is 2.31. The molecule has 0 saturated carbocycles. The molecule has 0 aliphatic heterocycles. The molecule has 0 atom stereocenters. The third-order valence-electron chi connectivity index (χ3n) is 1.64. The fourth-order valence-electron chi connectivity index (χ4n) is 0.836. The Balaban J connectivity index is 0.000000336. The van der Waals surface area contributed by atoms with Crippen LogP contribution in [0.2, 0.25) is 0 Å². The molecule has 1 radical (unpaired) electrons. The molecule has 15 heavy (non-hydrogen) atoms. The molecule has 0 aliphatic rings. The van der Waals surface area contributed by atoms with Crippen molar-refractivity contribution >= 4 is 18.4 Å². The highest BCUT2D eigenvalue weighted by molar-refractivity contribution is 5.65. The first kappa shape index (κ1) is 13.1. The molecule has 0 heterocycles. The van der Waals surface area contributed by atoms with Gasteiger partial charge in [0.25, 0.3) is 0 Å². The summed E-state index contributed by atoms with van der Waals surface area (Å²) in [5.74, 6) is 0. The molecular formula is C14H15O. The molecule has 0 aliphatic carbocycles. The zero-order valence-electron chi connectivity index (χ0n) is 8.94. The van der Waals surface area contributed by atoms with Crippen molar-refractivity contribution in [2.75, 3.05) is 0 Å². The molecule has 1 aromatic rings. The third-order valence-corrected chi connectivity index (χ3v) is 1.64. The Labute approximate surface area is 91.4 Å². The van der Waals surface area contributed by atoms with Crippen LogP contribution in [0.5, 0.6) is 0 Å². The number of hydrogen-bond acceptors (Lipinski definition) is 1. The van der Waals surface area contributed by atoms with Crippen LogP contribution in [-0.2, 0) is 4.79 Å². The molecule has 0 N–H and O–H groups in total. The molecule has 0 amide bonds. The fourth-order valence-corrected chi connectivity index (χ4v) is 0.836. The maximum absolute atomic E-state index is 9.19. The first-order valence-electron chi connectivity index (χ1n) is 4.62. The maximum Gasteiger partial charge on any atom is 0.225 e. The van der Waals surface area contributed by atoms with E-state index in [2.05, 4.69) is 13.2 Å². The molecule has 1 rings (SSSR count). The summed E-state index contributed by atoms with van der Waals surface area (Å²) in [5, 5.41) is 0. The quantitative estimate of drug-likeness (QED) is 0.679. The summed E-state index contributed by atoms with van der Waals surface area (Å²) in [6, 6.07) is 8.07. The van der Waals surface area contributed by atoms with E-state index in [1.807, 2.05) is 36.4 Å². The SMILES string of the molecule is C=Cc1ccc(C=C)cc1.CC=C[C]=O. The minimum atomic E-state index is 1.14. The van der Waals surface area contributed by atoms with Gasteiger partial charge in [0.1, 0.15) is 0 Å². The largest absolute Gasteiger partial charge is 0.286 e. The lowest BCUT2D eigenvalue weighted by atomic mass is 10.1. The van der Waals surface area contributed by atoms with Crippen LogP contribution in [0.4, 0.5) is 0 Å². The van der Waals surface area contributed by atoms with Gasteiger partial charge in [-0.25, -0.2) is 0 Å². The molecule has 77 valence electrons. The topological polar surface area (TPSA) is 17.1 Å². The van der Waals surface area contributed by atoms with Crippen molar-refractivity contribution < 1.29 is 4.79 Å². The van der Waals surface area contributed by atoms with E-state index < -0.39 is 0 Å². The van der Waals surface area contributed by atoms with E-state index in [1.165, 1.54) is 6.08 Å². The second-order valence-electron chi connectivity index (χ2n) is 2.69. The van der Waals surface area contributed by atoms with E-state index in [0.29, 0.717) is 0 Å². The summed E-state index contributed by atoms with van der Waals surface area (Å²) in [4.78, 5) is 9.19. The summed E-state index contributed by atoms with van der Waals surface area (Å²) >= 11 is 0. The first-order valence-corrected chi connectivity index (χ1v) is 4.62. The number of hydrogen-bond donors (Lipinski definition) is 0. The van der Waals surface area contributed by atoms with Gasteiger partial charge in [0.15, 0.2) is 0 Å². The van der Waals surface area contributed by atoms with E-state index in [4.69, 9.17) is 0 Å². The van der Waals surface area contributed by atoms with Crippen LogP contribution < -0.4 is 0 Å². The Kier molecular flexibility index (Phi) is 7.60. The van der Waals surface area contributed by atoms with Gasteiger partial charge < -0.3 is 0 Å². The van der Waals surface area contributed by atoms with Gasteiger partial charge in [0.2, 0.25) is 6.29 Å². The summed E-state index contributed by atoms with van der Waals surface area (Å²) in [6.07, 6.45) is 8.19. The van der Waals surface area contributed by atoms with Gasteiger partial charge in [-0.15, -0.1) is 0 Å². The molecule has 1 aromatic carbocycles. The van der Waals surface area contributed by atoms with E-state index >= 15 is 0 Å². The van der Waals surface area contributed by atoms with Crippen LogP contribution in [0.15, 0.2) is 49.6 Å². The van der Waals surface area contributed by atoms with Gasteiger partial charge in [-0.1, -0.05) is 55.7 Å². The van der Waals surface area contributed by atoms with Gasteiger partial charge in [0.05, 0.1) is 0 Å². The Hall–Kier alpha value is -1.89. The van der Waals surface area contributed by atoms with E-state index in [0.717, 1.165) is 11.1 Å². The Bertz CT molecular complexity index is 304. The molecule has 0 spiro atoms. The summed E-state index contributed by atoms with van der Waals surface area (Å²) in [5.41, 5.74) is 2.29. The molecule has 0 unspecified atom stereocenters. The first-order chi connectivity index (χ1) is 7.28. The predicted octanol–water partition coefficient (Wildman–Crippen LogP) is 3.64. The van der Waals surface area contributed by atoms with Crippen molar-refractivity contribution in [3.63, 3.8) is 0 Å². The normalized spacial score (nSPS) is 8.87. The Morgan fingerprint density at radius 1 is 1.07 bits per heavy atom. The van der Waals surface area contributed by atoms with E-state index in [9.17, 15) is 4.79 Å². The van der Waals surface area contributed by atoms with Crippen LogP contribution in [0.1, 0.15) is 18.1 Å². The monoisotopic (exact) mass is 199 g/mol. The molecule has 0 bridgehead atoms. The summed E-state index contributed by atoms with van der Waals surface area (Å²) in [7, 11) is 0. The lowest BCUT2D eigenvalue weighted by molar-refractivity contribution is 0.564. The Morgan fingerprint density at radius 2 is 1.47 bits per heavy atom. The summed E-state index contributed by atoms with van der Waals surface area (Å²) in [6.45, 7) is 9.09. The van der Waals surface area contributed by atoms with Crippen molar-refractivity contribution in [2.45, 2.75) is 6.92 Å². The minimum absolute atomic E-state index is 1.14. The molecule has 0 aromatic heterocycles. The van der Waals surface area contributed by atoms with Crippen molar-refractivity contribution in [3.8, 4) is 0 Å². The van der Waals surface area contributed by atoms with E-state index in [-0.39, 0.29) is 0 Å². The zero-order chi connectivity index (χ0) is 11.5. The number of benzene rings is 1. The van der Waals surface area contributed by atoms with Crippen molar-refractivity contribution in [2.24, 2.45) is 0 Å². The van der Waals surface area contributed by atoms with Gasteiger partial charge in [-0.05, 0) is 24.1 Å². The summed E-state index contributed by atoms with van der Waals surface area (Å²) < 4.78 is 0. The standard InChI is InChI=1S/C10H10.C4H5O/c1-3-9-5-7-10(4-2)8-6-9;1-2-3-4-5/h3-8H,1-2H2;2-3H,1H3. The third kappa shape index (κ3) is 6.22. The van der Waals surface area contributed by atoms with Crippen LogP contribution in [-0.4, -0.2) is 6.29 Å². The van der Waals surface area contributed by atoms with Gasteiger partial charge >= 0.3 is 0 Å². The number of rotatable bonds is 3. The number of allylic oxidation sites excluding steroid dienone is 2. The Morgan fingerprint density at radius 3 is 1.60 bits per heavy atom. The van der Waals surface area contributed by atoms with Gasteiger partial charge in [-0.3, -0.25) is 4.79 Å². The lowest BCUT2D eigenvalue weighted by Crippen LogP contribution is -1.71. The van der Waals surface area contributed by atoms with Crippen LogP contribution in [0.25, 0.3) is 12.2 Å². The smallest absolute Gasteiger partial charge is 0.225 e. The number of carbonyl (C=O) groups excluding carboxylic acids is 1. The van der Waals surface area contributed by atoms with Crippen LogP contribution in [0, 0.1) is 0 Å². The molecule has 1 heteroatoms. The molecule has 0 fully saturated rings. The lowest BCUT2D eigenvalue weighted by Gasteiger charge is -1.92. The van der Waals surface area contributed by atoms with E-state index in [1.54, 1.807) is 19.3 Å². The zero-order valence-corrected chi connectivity index (χ0v) is 8.94. The highest BCUT2D eigenvalue weighted by Gasteiger charge is 1.84. The molecule has 1 nitrogen and oxygen atoms in total. The maximum atomic E-state index is 9.19. The van der Waals surface area contributed by atoms with Gasteiger partial charge in [0, 0.05) is 0 Å². The second-order valence-corrected chi connectivity index (χ2v) is 2.69. The highest BCUT2D eigenvalue weighted by Crippen LogP contribution is 2.05. The fraction of sp³-hybridized carbons (Fsp3) is 0.0714. The highest BCUT2D eigenvalue weighted by atomic mass is 16.1. The van der Waals surface area contributed by atoms with Crippen LogP contribution in [0.3, 0.4) is 0 Å². The second kappa shape index (κ2) is 8.70.